The molecule has 1 saturated heterocycles. The largest absolute Gasteiger partial charge is 0.460 e. The third-order valence-corrected chi connectivity index (χ3v) is 6.08. The number of hydrogen-bond acceptors (Lipinski definition) is 6. The molecule has 2 aromatic rings. The van der Waals surface area contributed by atoms with Gasteiger partial charge in [-0.25, -0.2) is 4.39 Å². The van der Waals surface area contributed by atoms with E-state index in [4.69, 9.17) is 9.47 Å². The van der Waals surface area contributed by atoms with Crippen LogP contribution in [0.15, 0.2) is 29.0 Å². The van der Waals surface area contributed by atoms with Gasteiger partial charge in [0.15, 0.2) is 0 Å². The molecule has 0 aliphatic carbocycles. The van der Waals surface area contributed by atoms with Gasteiger partial charge in [0.05, 0.1) is 13.2 Å². The fourth-order valence-corrected chi connectivity index (χ4v) is 4.64. The molecule has 31 heavy (non-hydrogen) atoms. The van der Waals surface area contributed by atoms with Crippen LogP contribution in [0.4, 0.5) is 4.39 Å². The predicted octanol–water partition coefficient (Wildman–Crippen LogP) is 3.53. The fraction of sp³-hybridized carbons (Fsp3) is 0.522. The Morgan fingerprint density at radius 3 is 2.65 bits per heavy atom. The molecule has 2 aliphatic rings. The second-order valence-electron chi connectivity index (χ2n) is 9.22. The van der Waals surface area contributed by atoms with E-state index >= 15 is 0 Å². The number of nitrogens with zero attached hydrogens (tertiary/aromatic N) is 2. The van der Waals surface area contributed by atoms with E-state index in [0.29, 0.717) is 19.7 Å². The van der Waals surface area contributed by atoms with Crippen molar-refractivity contribution in [1.82, 2.24) is 15.1 Å². The Hall–Kier alpha value is -2.00. The van der Waals surface area contributed by atoms with Gasteiger partial charge >= 0.3 is 0 Å². The summed E-state index contributed by atoms with van der Waals surface area (Å²) in [5.41, 5.74) is 2.35. The van der Waals surface area contributed by atoms with Gasteiger partial charge in [-0.3, -0.25) is 14.6 Å². The van der Waals surface area contributed by atoms with E-state index in [1.165, 1.54) is 6.07 Å². The number of rotatable bonds is 5. The molecule has 0 bridgehead atoms. The normalized spacial score (nSPS) is 20.2. The molecule has 1 fully saturated rings. The van der Waals surface area contributed by atoms with Crippen molar-refractivity contribution >= 4 is 17.2 Å². The molecule has 1 aromatic heterocycles. The van der Waals surface area contributed by atoms with Gasteiger partial charge in [-0.2, -0.15) is 11.3 Å². The molecular weight excluding hydrogens is 417 g/mol. The molecule has 6 nitrogen and oxygen atoms in total. The van der Waals surface area contributed by atoms with Crippen LogP contribution in [0.25, 0.3) is 0 Å². The molecule has 4 rings (SSSR count). The van der Waals surface area contributed by atoms with Crippen LogP contribution in [0.3, 0.4) is 0 Å². The van der Waals surface area contributed by atoms with Gasteiger partial charge in [-0.05, 0) is 44.4 Å². The number of halogens is 1. The minimum absolute atomic E-state index is 0.0491. The maximum Gasteiger partial charge on any atom is 0.234 e. The van der Waals surface area contributed by atoms with Crippen LogP contribution < -0.4 is 10.1 Å². The highest BCUT2D eigenvalue weighted by molar-refractivity contribution is 7.07. The number of thiophene rings is 1. The third kappa shape index (κ3) is 5.83. The van der Waals surface area contributed by atoms with Crippen LogP contribution in [-0.4, -0.2) is 54.0 Å². The third-order valence-electron chi connectivity index (χ3n) is 5.38. The summed E-state index contributed by atoms with van der Waals surface area (Å²) in [6.07, 6.45) is -0.457. The second-order valence-corrected chi connectivity index (χ2v) is 10.0. The minimum Gasteiger partial charge on any atom is -0.460 e. The second kappa shape index (κ2) is 9.24. The SMILES string of the molecule is CC(C)(C)NC(=O)CN1CCN(Cc2cc(F)cc3c2O[C@@H](c2ccsc2)OC3)CC1. The van der Waals surface area contributed by atoms with E-state index in [-0.39, 0.29) is 17.3 Å². The molecule has 0 spiro atoms. The summed E-state index contributed by atoms with van der Waals surface area (Å²) < 4.78 is 26.2. The van der Waals surface area contributed by atoms with Crippen LogP contribution in [0.2, 0.25) is 0 Å². The number of carbonyl (C=O) groups excluding carboxylic acids is 1. The summed E-state index contributed by atoms with van der Waals surface area (Å²) in [6.45, 7) is 10.5. The van der Waals surface area contributed by atoms with Crippen LogP contribution in [-0.2, 0) is 22.7 Å². The number of amides is 1. The summed E-state index contributed by atoms with van der Waals surface area (Å²) >= 11 is 1.60. The molecule has 1 atom stereocenters. The summed E-state index contributed by atoms with van der Waals surface area (Å²) in [5.74, 6) is 0.510. The van der Waals surface area contributed by atoms with Crippen molar-refractivity contribution in [2.75, 3.05) is 32.7 Å². The molecule has 1 aromatic carbocycles. The number of nitrogens with one attached hydrogen (secondary N) is 1. The first-order chi connectivity index (χ1) is 14.8. The lowest BCUT2D eigenvalue weighted by atomic mass is 10.1. The lowest BCUT2D eigenvalue weighted by Gasteiger charge is -2.35. The number of ether oxygens (including phenoxy) is 2. The lowest BCUT2D eigenvalue weighted by Crippen LogP contribution is -2.51. The molecule has 1 amide bonds. The summed E-state index contributed by atoms with van der Waals surface area (Å²) in [4.78, 5) is 16.6. The zero-order valence-electron chi connectivity index (χ0n) is 18.3. The number of fused-ring (bicyclic) bond motifs is 1. The van der Waals surface area contributed by atoms with Crippen LogP contribution in [0, 0.1) is 5.82 Å². The van der Waals surface area contributed by atoms with Crippen LogP contribution >= 0.6 is 11.3 Å². The number of benzene rings is 1. The molecule has 168 valence electrons. The van der Waals surface area contributed by atoms with Gasteiger partial charge in [-0.15, -0.1) is 0 Å². The topological polar surface area (TPSA) is 54.0 Å². The fourth-order valence-electron chi connectivity index (χ4n) is 3.98. The van der Waals surface area contributed by atoms with Gasteiger partial charge in [0.2, 0.25) is 12.2 Å². The van der Waals surface area contributed by atoms with Crippen molar-refractivity contribution in [2.24, 2.45) is 0 Å². The smallest absolute Gasteiger partial charge is 0.234 e. The summed E-state index contributed by atoms with van der Waals surface area (Å²) in [6, 6.07) is 5.05. The maximum atomic E-state index is 14.2. The zero-order chi connectivity index (χ0) is 22.0. The molecule has 3 heterocycles. The Balaban J connectivity index is 1.37. The predicted molar refractivity (Wildman–Crippen MR) is 118 cm³/mol. The van der Waals surface area contributed by atoms with Crippen LogP contribution in [0.1, 0.15) is 43.8 Å². The average molecular weight is 448 g/mol. The van der Waals surface area contributed by atoms with E-state index in [9.17, 15) is 9.18 Å². The number of carbonyl (C=O) groups is 1. The first-order valence-electron chi connectivity index (χ1n) is 10.6. The standard InChI is InChI=1S/C23H30FN3O3S/c1-23(2,3)25-20(28)13-27-7-5-26(6-8-27)12-17-10-19(24)11-18-14-29-22(30-21(17)18)16-4-9-31-15-16/h4,9-11,15,22H,5-8,12-14H2,1-3H3,(H,25,28)/t22-/m0/s1. The first kappa shape index (κ1) is 22.2. The summed E-state index contributed by atoms with van der Waals surface area (Å²) in [7, 11) is 0. The van der Waals surface area contributed by atoms with E-state index in [2.05, 4.69) is 15.1 Å². The minimum atomic E-state index is -0.457. The molecule has 2 aliphatic heterocycles. The highest BCUT2D eigenvalue weighted by Gasteiger charge is 2.27. The zero-order valence-corrected chi connectivity index (χ0v) is 19.1. The van der Waals surface area contributed by atoms with Gasteiger partial charge < -0.3 is 14.8 Å². The Morgan fingerprint density at radius 2 is 1.97 bits per heavy atom. The van der Waals surface area contributed by atoms with E-state index in [1.54, 1.807) is 17.4 Å². The Bertz CT molecular complexity index is 906. The van der Waals surface area contributed by atoms with Crippen molar-refractivity contribution in [3.05, 3.63) is 51.5 Å². The van der Waals surface area contributed by atoms with Crippen molar-refractivity contribution in [3.8, 4) is 5.75 Å². The van der Waals surface area contributed by atoms with Crippen molar-refractivity contribution in [3.63, 3.8) is 0 Å². The molecule has 1 N–H and O–H groups in total. The Kier molecular flexibility index (Phi) is 6.62. The van der Waals surface area contributed by atoms with Gasteiger partial charge in [0.1, 0.15) is 11.6 Å². The van der Waals surface area contributed by atoms with Crippen molar-refractivity contribution in [2.45, 2.75) is 45.8 Å². The molecule has 0 unspecified atom stereocenters. The van der Waals surface area contributed by atoms with Gasteiger partial charge in [-0.1, -0.05) is 0 Å². The van der Waals surface area contributed by atoms with E-state index < -0.39 is 6.29 Å². The molecular formula is C23H30FN3O3S. The van der Waals surface area contributed by atoms with Crippen LogP contribution in [0.5, 0.6) is 5.75 Å². The quantitative estimate of drug-likeness (QED) is 0.760. The lowest BCUT2D eigenvalue weighted by molar-refractivity contribution is -0.124. The van der Waals surface area contributed by atoms with Gasteiger partial charge in [0.25, 0.3) is 0 Å². The summed E-state index contributed by atoms with van der Waals surface area (Å²) in [5, 5.41) is 7.01. The highest BCUT2D eigenvalue weighted by atomic mass is 32.1. The molecule has 0 saturated carbocycles. The van der Waals surface area contributed by atoms with Crippen molar-refractivity contribution < 1.29 is 18.7 Å². The molecule has 8 heteroatoms. The maximum absolute atomic E-state index is 14.2. The average Bonchev–Trinajstić information content (AvgIpc) is 3.22. The van der Waals surface area contributed by atoms with Gasteiger partial charge in [0, 0.05) is 60.3 Å². The first-order valence-corrected chi connectivity index (χ1v) is 11.6. The highest BCUT2D eigenvalue weighted by Crippen LogP contribution is 2.37. The molecule has 0 radical (unpaired) electrons. The van der Waals surface area contributed by atoms with E-state index in [1.807, 2.05) is 37.6 Å². The van der Waals surface area contributed by atoms with Crippen molar-refractivity contribution in [1.29, 1.82) is 0 Å². The number of piperazine rings is 1. The monoisotopic (exact) mass is 447 g/mol. The Labute approximate surface area is 186 Å². The Morgan fingerprint density at radius 1 is 1.23 bits per heavy atom. The van der Waals surface area contributed by atoms with E-state index in [0.717, 1.165) is 48.6 Å². The number of hydrogen-bond donors (Lipinski definition) is 1.